The molecule has 4 heteroatoms. The molecule has 1 N–H and O–H groups in total. The second-order valence-corrected chi connectivity index (χ2v) is 4.49. The summed E-state index contributed by atoms with van der Waals surface area (Å²) in [6.07, 6.45) is 0. The summed E-state index contributed by atoms with van der Waals surface area (Å²) in [6.45, 7) is 2.27. The van der Waals surface area contributed by atoms with E-state index in [0.29, 0.717) is 12.2 Å². The Hall–Kier alpha value is -1.39. The highest BCUT2D eigenvalue weighted by Gasteiger charge is 2.05. The van der Waals surface area contributed by atoms with Gasteiger partial charge in [-0.1, -0.05) is 28.1 Å². The van der Waals surface area contributed by atoms with Crippen LogP contribution < -0.4 is 5.48 Å². The Morgan fingerprint density at radius 2 is 1.94 bits per heavy atom. The van der Waals surface area contributed by atoms with Gasteiger partial charge in [0.25, 0.3) is 5.91 Å². The van der Waals surface area contributed by atoms with Gasteiger partial charge in [-0.15, -0.1) is 0 Å². The first-order valence-electron chi connectivity index (χ1n) is 5.32. The number of nitrogens with one attached hydrogen (secondary N) is 1. The maximum atomic E-state index is 11.7. The van der Waals surface area contributed by atoms with Gasteiger partial charge in [0.1, 0.15) is 0 Å². The van der Waals surface area contributed by atoms with E-state index in [1.54, 1.807) is 6.07 Å². The van der Waals surface area contributed by atoms with Crippen LogP contribution in [0.15, 0.2) is 40.9 Å². The lowest BCUT2D eigenvalue weighted by Crippen LogP contribution is -2.23. The zero-order valence-electron chi connectivity index (χ0n) is 9.37. The first kappa shape index (κ1) is 12.1. The number of hydrogen-bond acceptors (Lipinski definition) is 2. The molecule has 0 aromatic heterocycles. The van der Waals surface area contributed by atoms with Crippen molar-refractivity contribution in [3.8, 4) is 0 Å². The summed E-state index contributed by atoms with van der Waals surface area (Å²) >= 11 is 3.41. The Morgan fingerprint density at radius 3 is 2.71 bits per heavy atom. The number of hydroxylamine groups is 1. The van der Waals surface area contributed by atoms with Crippen molar-refractivity contribution in [2.24, 2.45) is 0 Å². The van der Waals surface area contributed by atoms with Gasteiger partial charge in [0.05, 0.1) is 6.61 Å². The van der Waals surface area contributed by atoms with Crippen LogP contribution in [0.25, 0.3) is 10.8 Å². The van der Waals surface area contributed by atoms with Crippen LogP contribution in [0, 0.1) is 0 Å². The molecule has 1 amide bonds. The fourth-order valence-corrected chi connectivity index (χ4v) is 1.93. The highest BCUT2D eigenvalue weighted by molar-refractivity contribution is 9.10. The highest BCUT2D eigenvalue weighted by Crippen LogP contribution is 2.20. The molecule has 0 bridgehead atoms. The van der Waals surface area contributed by atoms with Gasteiger partial charge in [0.15, 0.2) is 0 Å². The van der Waals surface area contributed by atoms with Gasteiger partial charge in [0.2, 0.25) is 0 Å². The molecular weight excluding hydrogens is 282 g/mol. The summed E-state index contributed by atoms with van der Waals surface area (Å²) < 4.78 is 1.02. The minimum absolute atomic E-state index is 0.225. The van der Waals surface area contributed by atoms with Crippen LogP contribution in [0.1, 0.15) is 17.3 Å². The summed E-state index contributed by atoms with van der Waals surface area (Å²) in [7, 11) is 0. The Labute approximate surface area is 108 Å². The Kier molecular flexibility index (Phi) is 3.76. The topological polar surface area (TPSA) is 38.3 Å². The summed E-state index contributed by atoms with van der Waals surface area (Å²) in [4.78, 5) is 16.5. The zero-order valence-corrected chi connectivity index (χ0v) is 11.0. The predicted octanol–water partition coefficient (Wildman–Crippen LogP) is 3.28. The highest BCUT2D eigenvalue weighted by atomic mass is 79.9. The number of carbonyl (C=O) groups is 1. The van der Waals surface area contributed by atoms with Crippen LogP contribution in [-0.2, 0) is 4.84 Å². The molecule has 3 nitrogen and oxygen atoms in total. The predicted molar refractivity (Wildman–Crippen MR) is 70.7 cm³/mol. The van der Waals surface area contributed by atoms with E-state index in [4.69, 9.17) is 4.84 Å². The van der Waals surface area contributed by atoms with E-state index >= 15 is 0 Å². The first-order valence-corrected chi connectivity index (χ1v) is 6.11. The third kappa shape index (κ3) is 2.84. The third-order valence-electron chi connectivity index (χ3n) is 2.37. The molecule has 0 unspecified atom stereocenters. The van der Waals surface area contributed by atoms with E-state index in [2.05, 4.69) is 21.4 Å². The van der Waals surface area contributed by atoms with Crippen molar-refractivity contribution in [2.75, 3.05) is 6.61 Å². The molecule has 0 heterocycles. The fourth-order valence-electron chi connectivity index (χ4n) is 1.55. The van der Waals surface area contributed by atoms with Gasteiger partial charge in [-0.3, -0.25) is 9.63 Å². The van der Waals surface area contributed by atoms with Gasteiger partial charge in [-0.2, -0.15) is 0 Å². The van der Waals surface area contributed by atoms with Gasteiger partial charge in [0, 0.05) is 10.0 Å². The molecule has 0 atom stereocenters. The maximum absolute atomic E-state index is 11.7. The van der Waals surface area contributed by atoms with Crippen molar-refractivity contribution >= 4 is 32.6 Å². The van der Waals surface area contributed by atoms with E-state index in [1.165, 1.54) is 0 Å². The zero-order chi connectivity index (χ0) is 12.3. The summed E-state index contributed by atoms with van der Waals surface area (Å²) in [5.41, 5.74) is 2.97. The largest absolute Gasteiger partial charge is 0.274 e. The summed E-state index contributed by atoms with van der Waals surface area (Å²) in [6, 6.07) is 11.5. The molecular formula is C13H12BrNO2. The minimum atomic E-state index is -0.225. The van der Waals surface area contributed by atoms with Gasteiger partial charge < -0.3 is 0 Å². The molecule has 17 heavy (non-hydrogen) atoms. The minimum Gasteiger partial charge on any atom is -0.274 e. The third-order valence-corrected chi connectivity index (χ3v) is 2.87. The van der Waals surface area contributed by atoms with Crippen LogP contribution >= 0.6 is 15.9 Å². The molecule has 0 aliphatic heterocycles. The van der Waals surface area contributed by atoms with Crippen molar-refractivity contribution < 1.29 is 9.63 Å². The molecule has 2 aromatic rings. The Balaban J connectivity index is 2.31. The molecule has 0 aliphatic rings. The molecule has 2 rings (SSSR count). The average molecular weight is 294 g/mol. The quantitative estimate of drug-likeness (QED) is 0.882. The molecule has 0 radical (unpaired) electrons. The molecule has 0 fully saturated rings. The summed E-state index contributed by atoms with van der Waals surface area (Å²) in [5.74, 6) is -0.225. The van der Waals surface area contributed by atoms with E-state index in [1.807, 2.05) is 37.3 Å². The lowest BCUT2D eigenvalue weighted by Gasteiger charge is -2.05. The van der Waals surface area contributed by atoms with Crippen molar-refractivity contribution in [1.82, 2.24) is 5.48 Å². The van der Waals surface area contributed by atoms with Crippen LogP contribution in [0.4, 0.5) is 0 Å². The second-order valence-electron chi connectivity index (χ2n) is 3.57. The number of rotatable bonds is 3. The SMILES string of the molecule is CCONC(=O)c1ccc2cc(Br)ccc2c1. The lowest BCUT2D eigenvalue weighted by molar-refractivity contribution is 0.0364. The standard InChI is InChI=1S/C13H12BrNO2/c1-2-17-15-13(16)11-4-3-10-8-12(14)6-5-9(10)7-11/h3-8H,2H2,1H3,(H,15,16). The van der Waals surface area contributed by atoms with Crippen molar-refractivity contribution in [3.63, 3.8) is 0 Å². The Bertz CT molecular complexity index is 554. The Morgan fingerprint density at radius 1 is 1.24 bits per heavy atom. The van der Waals surface area contributed by atoms with Crippen LogP contribution in [0.5, 0.6) is 0 Å². The van der Waals surface area contributed by atoms with E-state index in [0.717, 1.165) is 15.2 Å². The molecule has 0 spiro atoms. The van der Waals surface area contributed by atoms with Crippen molar-refractivity contribution in [1.29, 1.82) is 0 Å². The molecule has 2 aromatic carbocycles. The number of amides is 1. The maximum Gasteiger partial charge on any atom is 0.274 e. The lowest BCUT2D eigenvalue weighted by atomic mass is 10.1. The first-order chi connectivity index (χ1) is 8.20. The number of hydrogen-bond donors (Lipinski definition) is 1. The van der Waals surface area contributed by atoms with Crippen LogP contribution in [0.2, 0.25) is 0 Å². The van der Waals surface area contributed by atoms with Gasteiger partial charge in [-0.05, 0) is 42.0 Å². The average Bonchev–Trinajstić information content (AvgIpc) is 2.35. The van der Waals surface area contributed by atoms with E-state index in [-0.39, 0.29) is 5.91 Å². The van der Waals surface area contributed by atoms with E-state index in [9.17, 15) is 4.79 Å². The van der Waals surface area contributed by atoms with Crippen LogP contribution in [0.3, 0.4) is 0 Å². The van der Waals surface area contributed by atoms with Crippen LogP contribution in [-0.4, -0.2) is 12.5 Å². The fraction of sp³-hybridized carbons (Fsp3) is 0.154. The molecule has 0 aliphatic carbocycles. The number of carbonyl (C=O) groups excluding carboxylic acids is 1. The number of fused-ring (bicyclic) bond motifs is 1. The molecule has 88 valence electrons. The summed E-state index contributed by atoms with van der Waals surface area (Å²) in [5, 5.41) is 2.12. The van der Waals surface area contributed by atoms with Gasteiger partial charge in [-0.25, -0.2) is 5.48 Å². The normalized spacial score (nSPS) is 10.5. The number of halogens is 1. The smallest absolute Gasteiger partial charge is 0.274 e. The monoisotopic (exact) mass is 293 g/mol. The second kappa shape index (κ2) is 5.29. The van der Waals surface area contributed by atoms with Crippen molar-refractivity contribution in [2.45, 2.75) is 6.92 Å². The van der Waals surface area contributed by atoms with Gasteiger partial charge >= 0.3 is 0 Å². The molecule has 0 saturated heterocycles. The number of benzene rings is 2. The van der Waals surface area contributed by atoms with Crippen molar-refractivity contribution in [3.05, 3.63) is 46.4 Å². The molecule has 0 saturated carbocycles. The van der Waals surface area contributed by atoms with E-state index < -0.39 is 0 Å².